The number of fused-ring (bicyclic) bond motifs is 5. The number of carbonyl (C=O) groups excluding carboxylic acids is 8. The summed E-state index contributed by atoms with van der Waals surface area (Å²) < 4.78 is 14.5. The summed E-state index contributed by atoms with van der Waals surface area (Å²) in [6.07, 6.45) is -4.74. The Morgan fingerprint density at radius 2 is 1.53 bits per heavy atom. The minimum absolute atomic E-state index is 0.0635. The summed E-state index contributed by atoms with van der Waals surface area (Å²) in [6.45, 7) is 1.64. The third-order valence-corrected chi connectivity index (χ3v) is 12.9. The van der Waals surface area contributed by atoms with E-state index < -0.39 is 176 Å². The average Bonchev–Trinajstić information content (AvgIpc) is 3.82. The number of H-pyrrole nitrogens is 1. The highest BCUT2D eigenvalue weighted by Crippen LogP contribution is 2.30. The first-order chi connectivity index (χ1) is 30.2. The predicted octanol–water partition coefficient (Wildman–Crippen LogP) is -5.32. The molecule has 8 amide bonds. The van der Waals surface area contributed by atoms with Gasteiger partial charge in [0.2, 0.25) is 47.3 Å². The van der Waals surface area contributed by atoms with Crippen molar-refractivity contribution in [3.05, 3.63) is 23.8 Å². The topological polar surface area (TPSA) is 375 Å². The van der Waals surface area contributed by atoms with Gasteiger partial charge in [-0.25, -0.2) is 0 Å². The fraction of sp³-hybridized carbons (Fsp3) is 0.564. The molecule has 0 spiro atoms. The molecular formula is C39H53N9O15S. The van der Waals surface area contributed by atoms with Crippen molar-refractivity contribution >= 4 is 74.9 Å². The third-order valence-electron chi connectivity index (χ3n) is 11.5. The number of phenols is 1. The average molecular weight is 920 g/mol. The number of carboxylic acids is 1. The monoisotopic (exact) mass is 919 g/mol. The van der Waals surface area contributed by atoms with Crippen LogP contribution in [0, 0.1) is 11.8 Å². The fourth-order valence-corrected chi connectivity index (χ4v) is 9.07. The van der Waals surface area contributed by atoms with Crippen molar-refractivity contribution in [1.82, 2.24) is 47.1 Å². The summed E-state index contributed by atoms with van der Waals surface area (Å²) in [5.74, 6) is -12.9. The van der Waals surface area contributed by atoms with Gasteiger partial charge in [-0.1, -0.05) is 27.2 Å². The maximum Gasteiger partial charge on any atom is 0.305 e. The highest BCUT2D eigenvalue weighted by atomic mass is 32.2. The summed E-state index contributed by atoms with van der Waals surface area (Å²) >= 11 is 0. The second kappa shape index (κ2) is 21.0. The second-order valence-corrected chi connectivity index (χ2v) is 17.5. The Bertz CT molecular complexity index is 2200. The lowest BCUT2D eigenvalue weighted by Crippen LogP contribution is -2.62. The van der Waals surface area contributed by atoms with E-state index in [0.717, 1.165) is 4.90 Å². The number of aliphatic carboxylic acids is 1. The fourth-order valence-electron chi connectivity index (χ4n) is 7.67. The summed E-state index contributed by atoms with van der Waals surface area (Å²) in [7, 11) is -2.41. The van der Waals surface area contributed by atoms with Gasteiger partial charge in [-0.15, -0.1) is 0 Å². The number of nitrogens with zero attached hydrogens (tertiary/aromatic N) is 1. The molecule has 1 unspecified atom stereocenters. The zero-order chi connectivity index (χ0) is 47.2. The SMILES string of the molecule is CC[C@H](C)[C@@H]1NC(=O)CNC(=O)[C@@H]2Cc3c([nH]c4cc(O)ccc34)S(=O)C[C@H](NC(=O)CNC1=O)C(=O)N[C@@H](CC(=O)O)C(=O)N1C[C@H](O)C[C@H]1C(=O)N[C@@H]([C@@H](C)[C@@H](O)CO)C(=O)N2. The molecule has 1 aromatic heterocycles. The van der Waals surface area contributed by atoms with E-state index in [9.17, 15) is 72.9 Å². The highest BCUT2D eigenvalue weighted by molar-refractivity contribution is 7.85. The molecule has 1 saturated heterocycles. The van der Waals surface area contributed by atoms with E-state index >= 15 is 0 Å². The van der Waals surface area contributed by atoms with Crippen LogP contribution in [0.3, 0.4) is 0 Å². The molecule has 4 heterocycles. The van der Waals surface area contributed by atoms with Gasteiger partial charge < -0.3 is 72.6 Å². The Balaban J connectivity index is 1.73. The van der Waals surface area contributed by atoms with Crippen LogP contribution in [0.2, 0.25) is 0 Å². The van der Waals surface area contributed by atoms with Crippen molar-refractivity contribution in [1.29, 1.82) is 0 Å². The lowest BCUT2D eigenvalue weighted by molar-refractivity contribution is -0.146. The van der Waals surface area contributed by atoms with Crippen molar-refractivity contribution in [2.24, 2.45) is 11.8 Å². The zero-order valence-electron chi connectivity index (χ0n) is 35.0. The van der Waals surface area contributed by atoms with Crippen molar-refractivity contribution in [3.63, 3.8) is 0 Å². The Morgan fingerprint density at radius 3 is 2.19 bits per heavy atom. The predicted molar refractivity (Wildman–Crippen MR) is 221 cm³/mol. The first-order valence-electron chi connectivity index (χ1n) is 20.5. The molecule has 25 heteroatoms. The largest absolute Gasteiger partial charge is 0.508 e. The minimum Gasteiger partial charge on any atom is -0.508 e. The van der Waals surface area contributed by atoms with E-state index in [1.165, 1.54) is 25.1 Å². The number of hydrogen-bond donors (Lipinski definition) is 13. The number of aromatic amines is 1. The van der Waals surface area contributed by atoms with E-state index in [-0.39, 0.29) is 27.2 Å². The normalized spacial score (nSPS) is 28.5. The quantitative estimate of drug-likeness (QED) is 0.123. The van der Waals surface area contributed by atoms with Crippen LogP contribution in [-0.2, 0) is 60.4 Å². The lowest BCUT2D eigenvalue weighted by atomic mass is 9.93. The smallest absolute Gasteiger partial charge is 0.305 e. The number of aliphatic hydroxyl groups is 3. The summed E-state index contributed by atoms with van der Waals surface area (Å²) in [6, 6.07) is -6.28. The van der Waals surface area contributed by atoms with Gasteiger partial charge in [0.15, 0.2) is 0 Å². The maximum absolute atomic E-state index is 14.5. The first-order valence-corrected chi connectivity index (χ1v) is 21.8. The summed E-state index contributed by atoms with van der Waals surface area (Å²) in [4.78, 5) is 127. The van der Waals surface area contributed by atoms with Gasteiger partial charge in [0.25, 0.3) is 0 Å². The molecule has 2 bridgehead atoms. The van der Waals surface area contributed by atoms with E-state index in [1.54, 1.807) is 13.8 Å². The van der Waals surface area contributed by atoms with Gasteiger partial charge in [0, 0.05) is 36.8 Å². The number of nitrogens with one attached hydrogen (secondary N) is 8. The van der Waals surface area contributed by atoms with Crippen LogP contribution in [0.25, 0.3) is 10.9 Å². The number of aromatic hydroxyl groups is 1. The van der Waals surface area contributed by atoms with Gasteiger partial charge in [-0.05, 0) is 23.6 Å². The Hall–Kier alpha value is -6.18. The van der Waals surface area contributed by atoms with Gasteiger partial charge in [0.05, 0.1) is 60.4 Å². The Morgan fingerprint density at radius 1 is 0.859 bits per heavy atom. The van der Waals surface area contributed by atoms with Crippen molar-refractivity contribution in [3.8, 4) is 5.75 Å². The van der Waals surface area contributed by atoms with Crippen molar-refractivity contribution < 1.29 is 72.9 Å². The Kier molecular flexibility index (Phi) is 16.0. The van der Waals surface area contributed by atoms with Crippen molar-refractivity contribution in [2.75, 3.05) is 32.0 Å². The number of carboxylic acid groups (broad SMARTS) is 1. The molecule has 1 aromatic carbocycles. The third kappa shape index (κ3) is 11.5. The molecule has 1 fully saturated rings. The van der Waals surface area contributed by atoms with Crippen molar-refractivity contribution in [2.45, 2.75) is 99.9 Å². The van der Waals surface area contributed by atoms with E-state index in [4.69, 9.17) is 0 Å². The molecule has 0 saturated carbocycles. The summed E-state index contributed by atoms with van der Waals surface area (Å²) in [5, 5.41) is 68.3. The van der Waals surface area contributed by atoms with E-state index in [1.807, 2.05) is 0 Å². The number of aromatic nitrogens is 1. The molecular weight excluding hydrogens is 867 g/mol. The molecule has 11 atom stereocenters. The maximum atomic E-state index is 14.5. The second-order valence-electron chi connectivity index (χ2n) is 16.1. The number of benzene rings is 1. The molecule has 64 heavy (non-hydrogen) atoms. The molecule has 5 rings (SSSR count). The van der Waals surface area contributed by atoms with Crippen LogP contribution in [0.5, 0.6) is 5.75 Å². The van der Waals surface area contributed by atoms with Gasteiger partial charge in [-0.3, -0.25) is 47.4 Å². The van der Waals surface area contributed by atoms with Crippen LogP contribution in [0.15, 0.2) is 23.2 Å². The number of carbonyl (C=O) groups is 9. The zero-order valence-corrected chi connectivity index (χ0v) is 35.9. The van der Waals surface area contributed by atoms with Gasteiger partial charge in [-0.2, -0.15) is 0 Å². The molecule has 3 aliphatic heterocycles. The van der Waals surface area contributed by atoms with Crippen LogP contribution >= 0.6 is 0 Å². The van der Waals surface area contributed by atoms with Crippen LogP contribution in [-0.4, -0.2) is 173 Å². The van der Waals surface area contributed by atoms with E-state index in [2.05, 4.69) is 42.2 Å². The Labute approximate surface area is 367 Å². The molecule has 24 nitrogen and oxygen atoms in total. The van der Waals surface area contributed by atoms with Crippen LogP contribution in [0.1, 0.15) is 45.6 Å². The van der Waals surface area contributed by atoms with Gasteiger partial charge >= 0.3 is 5.97 Å². The molecule has 0 aliphatic carbocycles. The molecule has 2 aromatic rings. The summed E-state index contributed by atoms with van der Waals surface area (Å²) in [5.41, 5.74) is 0.220. The lowest BCUT2D eigenvalue weighted by Gasteiger charge is -2.32. The van der Waals surface area contributed by atoms with Crippen LogP contribution < -0.4 is 37.2 Å². The minimum atomic E-state index is -2.41. The molecule has 0 radical (unpaired) electrons. The highest BCUT2D eigenvalue weighted by Gasteiger charge is 2.45. The number of amides is 8. The number of aliphatic hydroxyl groups excluding tert-OH is 3. The number of phenolic OH excluding ortho intramolecular Hbond substituents is 1. The van der Waals surface area contributed by atoms with Gasteiger partial charge in [0.1, 0.15) is 47.0 Å². The molecule has 13 N–H and O–H groups in total. The number of hydrogen-bond acceptors (Lipinski definition) is 14. The molecule has 3 aliphatic rings. The number of rotatable bonds is 7. The standard InChI is InChI=1S/C39H53N9O15S/c1-4-16(2)31-36(60)41-11-28(53)42-25-15-64(63)38-21(20-6-5-18(50)7-22(20)45-38)9-23(33(57)40-12-29(54)46-31)43-37(61)32(17(3)27(52)14-49)47-35(59)26-8-19(51)13-48(26)39(62)24(10-30(55)56)44-34(25)58/h5-7,16-17,19,23-27,31-32,45,49-52H,4,8-15H2,1-3H3,(H,40,57)(H,41,60)(H,42,53)(H,43,61)(H,44,58)(H,46,54)(H,47,59)(H,55,56)/t16-,17-,19+,23-,24-,25-,26-,27-,31-,32-,64?/m0/s1. The van der Waals surface area contributed by atoms with E-state index in [0.29, 0.717) is 6.42 Å². The molecule has 350 valence electrons. The van der Waals surface area contributed by atoms with Crippen LogP contribution in [0.4, 0.5) is 0 Å². The first kappa shape index (κ1) is 48.8.